The Kier molecular flexibility index (Phi) is 14.9. The third-order valence-electron chi connectivity index (χ3n) is 7.44. The van der Waals surface area contributed by atoms with Gasteiger partial charge in [-0.05, 0) is 75.4 Å². The molecule has 2 unspecified atom stereocenters. The maximum atomic E-state index is 14.6. The van der Waals surface area contributed by atoms with Gasteiger partial charge in [0.15, 0.2) is 0 Å². The minimum atomic E-state index is -1.09. The number of aromatic hydroxyl groups is 1. The van der Waals surface area contributed by atoms with E-state index >= 15 is 0 Å². The molecular weight excluding hydrogens is 574 g/mol. The Bertz CT molecular complexity index is 1270. The Labute approximate surface area is 267 Å². The average Bonchev–Trinajstić information content (AvgIpc) is 2.98. The van der Waals surface area contributed by atoms with Crippen LogP contribution >= 0.6 is 0 Å². The first-order chi connectivity index (χ1) is 21.2. The molecule has 0 heterocycles. The van der Waals surface area contributed by atoms with Crippen molar-refractivity contribution in [2.24, 2.45) is 0 Å². The van der Waals surface area contributed by atoms with E-state index in [2.05, 4.69) is 17.6 Å². The highest BCUT2D eigenvalue weighted by molar-refractivity contribution is 5.93. The zero-order valence-corrected chi connectivity index (χ0v) is 27.9. The molecule has 45 heavy (non-hydrogen) atoms. The highest BCUT2D eigenvalue weighted by atomic mass is 16.6. The van der Waals surface area contributed by atoms with Gasteiger partial charge in [0.2, 0.25) is 11.8 Å². The minimum absolute atomic E-state index is 0.0727. The number of nitrogens with zero attached hydrogens (tertiary/aromatic N) is 1. The Morgan fingerprint density at radius 2 is 1.56 bits per heavy atom. The number of benzene rings is 2. The predicted molar refractivity (Wildman–Crippen MR) is 174 cm³/mol. The van der Waals surface area contributed by atoms with Gasteiger partial charge in [-0.1, -0.05) is 69.4 Å². The quantitative estimate of drug-likeness (QED) is 0.162. The number of esters is 1. The number of carbonyl (C=O) groups is 4. The van der Waals surface area contributed by atoms with Crippen molar-refractivity contribution in [1.82, 2.24) is 15.5 Å². The third kappa shape index (κ3) is 12.8. The standard InChI is InChI=1S/C35H51N3O7/c1-8-9-10-11-12-13-20-38(31(32(41)36-23-30(40)44-7)27-17-14-24(2)25(3)21-27)33(42)29(37-34(43)45-35(4,5)6)22-26-15-18-28(39)19-16-26/h14-19,21,29,31,39H,8-13,20,22-23H2,1-7H3,(H,36,41)(H,37,43). The van der Waals surface area contributed by atoms with E-state index < -0.39 is 41.6 Å². The Hall–Kier alpha value is -4.08. The van der Waals surface area contributed by atoms with E-state index in [0.717, 1.165) is 43.2 Å². The molecule has 3 N–H and O–H groups in total. The van der Waals surface area contributed by atoms with Gasteiger partial charge in [-0.2, -0.15) is 0 Å². The van der Waals surface area contributed by atoms with Gasteiger partial charge in [0.1, 0.15) is 30.0 Å². The maximum Gasteiger partial charge on any atom is 0.408 e. The lowest BCUT2D eigenvalue weighted by molar-refractivity contribution is -0.144. The largest absolute Gasteiger partial charge is 0.508 e. The normalized spacial score (nSPS) is 12.5. The number of phenols is 1. The van der Waals surface area contributed by atoms with Crippen LogP contribution in [-0.2, 0) is 30.3 Å². The zero-order chi connectivity index (χ0) is 33.6. The van der Waals surface area contributed by atoms with E-state index in [1.165, 1.54) is 24.1 Å². The molecule has 0 saturated heterocycles. The SMILES string of the molecule is CCCCCCCCN(C(=O)C(Cc1ccc(O)cc1)NC(=O)OC(C)(C)C)C(C(=O)NCC(=O)OC)c1ccc(C)c(C)c1. The van der Waals surface area contributed by atoms with Gasteiger partial charge in [-0.3, -0.25) is 14.4 Å². The molecule has 0 bridgehead atoms. The Morgan fingerprint density at radius 1 is 0.911 bits per heavy atom. The Morgan fingerprint density at radius 3 is 2.16 bits per heavy atom. The molecule has 248 valence electrons. The van der Waals surface area contributed by atoms with Crippen molar-refractivity contribution in [2.45, 2.75) is 104 Å². The molecule has 0 saturated carbocycles. The molecule has 3 amide bonds. The van der Waals surface area contributed by atoms with Gasteiger partial charge in [-0.15, -0.1) is 0 Å². The van der Waals surface area contributed by atoms with Crippen molar-refractivity contribution in [3.63, 3.8) is 0 Å². The smallest absolute Gasteiger partial charge is 0.408 e. The van der Waals surface area contributed by atoms with Crippen LogP contribution in [0.4, 0.5) is 4.79 Å². The number of rotatable bonds is 16. The Balaban J connectivity index is 2.58. The van der Waals surface area contributed by atoms with Crippen molar-refractivity contribution in [3.8, 4) is 5.75 Å². The molecule has 0 fully saturated rings. The summed E-state index contributed by atoms with van der Waals surface area (Å²) in [5.74, 6) is -1.56. The molecule has 10 nitrogen and oxygen atoms in total. The maximum absolute atomic E-state index is 14.6. The summed E-state index contributed by atoms with van der Waals surface area (Å²) in [5, 5.41) is 15.2. The van der Waals surface area contributed by atoms with E-state index in [4.69, 9.17) is 9.47 Å². The summed E-state index contributed by atoms with van der Waals surface area (Å²) in [4.78, 5) is 54.9. The lowest BCUT2D eigenvalue weighted by atomic mass is 9.97. The molecule has 0 aliphatic carbocycles. The fourth-order valence-corrected chi connectivity index (χ4v) is 4.88. The number of unbranched alkanes of at least 4 members (excludes halogenated alkanes) is 5. The summed E-state index contributed by atoms with van der Waals surface area (Å²) in [6.07, 6.45) is 5.12. The molecule has 2 atom stereocenters. The first-order valence-corrected chi connectivity index (χ1v) is 15.7. The van der Waals surface area contributed by atoms with Gasteiger partial charge in [0, 0.05) is 13.0 Å². The molecule has 0 aliphatic rings. The summed E-state index contributed by atoms with van der Waals surface area (Å²) in [7, 11) is 1.24. The summed E-state index contributed by atoms with van der Waals surface area (Å²) >= 11 is 0. The van der Waals surface area contributed by atoms with Gasteiger partial charge in [0.05, 0.1) is 7.11 Å². The van der Waals surface area contributed by atoms with E-state index in [1.54, 1.807) is 32.9 Å². The summed E-state index contributed by atoms with van der Waals surface area (Å²) in [5.41, 5.74) is 2.44. The monoisotopic (exact) mass is 625 g/mol. The number of alkyl carbamates (subject to hydrolysis) is 1. The number of hydrogen-bond acceptors (Lipinski definition) is 7. The van der Waals surface area contributed by atoms with Crippen molar-refractivity contribution >= 4 is 23.9 Å². The fraction of sp³-hybridized carbons (Fsp3) is 0.543. The minimum Gasteiger partial charge on any atom is -0.508 e. The van der Waals surface area contributed by atoms with Crippen LogP contribution in [0, 0.1) is 13.8 Å². The van der Waals surface area contributed by atoms with E-state index in [1.807, 2.05) is 32.0 Å². The lowest BCUT2D eigenvalue weighted by Gasteiger charge is -2.35. The van der Waals surface area contributed by atoms with Crippen molar-refractivity contribution in [3.05, 3.63) is 64.7 Å². The molecule has 2 rings (SSSR count). The van der Waals surface area contributed by atoms with Crippen molar-refractivity contribution in [1.29, 1.82) is 0 Å². The number of hydrogen-bond donors (Lipinski definition) is 3. The van der Waals surface area contributed by atoms with Crippen molar-refractivity contribution < 1.29 is 33.8 Å². The second kappa shape index (κ2) is 18.0. The average molecular weight is 626 g/mol. The zero-order valence-electron chi connectivity index (χ0n) is 27.9. The topological polar surface area (TPSA) is 134 Å². The summed E-state index contributed by atoms with van der Waals surface area (Å²) in [6, 6.07) is 9.77. The number of amides is 3. The van der Waals surface area contributed by atoms with Crippen LogP contribution < -0.4 is 10.6 Å². The molecule has 0 spiro atoms. The number of methoxy groups -OCH3 is 1. The molecule has 0 aliphatic heterocycles. The molecule has 2 aromatic carbocycles. The first-order valence-electron chi connectivity index (χ1n) is 15.7. The van der Waals surface area contributed by atoms with E-state index in [9.17, 15) is 24.3 Å². The second-order valence-corrected chi connectivity index (χ2v) is 12.4. The molecule has 0 radical (unpaired) electrons. The van der Waals surface area contributed by atoms with Crippen LogP contribution in [0.3, 0.4) is 0 Å². The van der Waals surface area contributed by atoms with Gasteiger partial charge in [0.25, 0.3) is 0 Å². The number of carbonyl (C=O) groups excluding carboxylic acids is 4. The van der Waals surface area contributed by atoms with Gasteiger partial charge in [-0.25, -0.2) is 4.79 Å². The van der Waals surface area contributed by atoms with Gasteiger partial charge >= 0.3 is 12.1 Å². The van der Waals surface area contributed by atoms with Crippen LogP contribution in [0.5, 0.6) is 5.75 Å². The number of aryl methyl sites for hydroxylation is 2. The predicted octanol–water partition coefficient (Wildman–Crippen LogP) is 5.66. The molecule has 0 aromatic heterocycles. The molecule has 10 heteroatoms. The molecular formula is C35H51N3O7. The summed E-state index contributed by atoms with van der Waals surface area (Å²) in [6.45, 7) is 11.1. The number of nitrogens with one attached hydrogen (secondary N) is 2. The number of phenolic OH excluding ortho intramolecular Hbond substituents is 1. The van der Waals surface area contributed by atoms with Crippen LogP contribution in [0.2, 0.25) is 0 Å². The van der Waals surface area contributed by atoms with E-state index in [-0.39, 0.29) is 25.3 Å². The van der Waals surface area contributed by atoms with E-state index in [0.29, 0.717) is 17.5 Å². The van der Waals surface area contributed by atoms with Crippen LogP contribution in [0.25, 0.3) is 0 Å². The highest BCUT2D eigenvalue weighted by Gasteiger charge is 2.36. The highest BCUT2D eigenvalue weighted by Crippen LogP contribution is 2.26. The number of ether oxygens (including phenoxy) is 2. The lowest BCUT2D eigenvalue weighted by Crippen LogP contribution is -2.54. The third-order valence-corrected chi connectivity index (χ3v) is 7.44. The van der Waals surface area contributed by atoms with Crippen LogP contribution in [0.1, 0.15) is 94.5 Å². The molecule has 2 aromatic rings. The first kappa shape index (κ1) is 37.1. The summed E-state index contributed by atoms with van der Waals surface area (Å²) < 4.78 is 10.2. The van der Waals surface area contributed by atoms with Crippen molar-refractivity contribution in [2.75, 3.05) is 20.2 Å². The van der Waals surface area contributed by atoms with Crippen LogP contribution in [0.15, 0.2) is 42.5 Å². The van der Waals surface area contributed by atoms with Crippen LogP contribution in [-0.4, -0.2) is 65.7 Å². The fourth-order valence-electron chi connectivity index (χ4n) is 4.88. The second-order valence-electron chi connectivity index (χ2n) is 12.4. The van der Waals surface area contributed by atoms with Gasteiger partial charge < -0.3 is 30.1 Å².